The number of thioether (sulfide) groups is 1. The number of benzene rings is 2. The molecule has 7 heteroatoms. The molecular formula is C16H12FN5S. The fraction of sp³-hybridized carbons (Fsp3) is 0.0625. The van der Waals surface area contributed by atoms with Gasteiger partial charge in [-0.05, 0) is 23.8 Å². The molecular weight excluding hydrogens is 313 g/mol. The number of nitrogens with zero attached hydrogens (tertiary/aromatic N) is 4. The van der Waals surface area contributed by atoms with E-state index in [4.69, 9.17) is 11.1 Å². The van der Waals surface area contributed by atoms with Gasteiger partial charge in [-0.15, -0.1) is 10.2 Å². The molecule has 0 bridgehead atoms. The lowest BCUT2D eigenvalue weighted by Crippen LogP contribution is -2.11. The number of nitrogen functional groups attached to an aromatic ring is 1. The van der Waals surface area contributed by atoms with Gasteiger partial charge in [0, 0.05) is 11.3 Å². The van der Waals surface area contributed by atoms with Gasteiger partial charge in [-0.3, -0.25) is 0 Å². The molecule has 0 fully saturated rings. The summed E-state index contributed by atoms with van der Waals surface area (Å²) < 4.78 is 14.6. The van der Waals surface area contributed by atoms with Gasteiger partial charge in [0.25, 0.3) is 0 Å². The summed E-state index contributed by atoms with van der Waals surface area (Å²) in [4.78, 5) is 0. The Bertz CT molecular complexity index is 884. The molecule has 0 radical (unpaired) electrons. The van der Waals surface area contributed by atoms with Crippen molar-refractivity contribution in [2.75, 3.05) is 5.84 Å². The third-order valence-corrected chi connectivity index (χ3v) is 4.23. The molecule has 0 aliphatic rings. The second-order valence-electron chi connectivity index (χ2n) is 4.74. The van der Waals surface area contributed by atoms with Crippen molar-refractivity contribution in [3.8, 4) is 17.5 Å². The minimum absolute atomic E-state index is 0.359. The van der Waals surface area contributed by atoms with Crippen LogP contribution >= 0.6 is 11.8 Å². The molecule has 0 spiro atoms. The Hall–Kier alpha value is -2.85. The molecule has 3 rings (SSSR count). The third-order valence-electron chi connectivity index (χ3n) is 3.24. The molecule has 2 N–H and O–H groups in total. The molecule has 3 aromatic rings. The summed E-state index contributed by atoms with van der Waals surface area (Å²) >= 11 is 1.37. The molecule has 1 aromatic heterocycles. The second-order valence-corrected chi connectivity index (χ2v) is 5.69. The van der Waals surface area contributed by atoms with Gasteiger partial charge in [0.1, 0.15) is 5.82 Å². The minimum atomic E-state index is -0.359. The standard InChI is InChI=1S/C16H12FN5S/c17-14-7-3-6-11(8-14)15-20-21-16(22(15)19)23-10-13-5-2-1-4-12(13)9-18/h1-8H,10,19H2. The predicted octanol–water partition coefficient (Wildman–Crippen LogP) is 2.96. The molecule has 5 nitrogen and oxygen atoms in total. The van der Waals surface area contributed by atoms with E-state index in [1.54, 1.807) is 18.2 Å². The first-order chi connectivity index (χ1) is 11.2. The molecule has 114 valence electrons. The number of hydrogen-bond acceptors (Lipinski definition) is 5. The van der Waals surface area contributed by atoms with E-state index >= 15 is 0 Å². The lowest BCUT2D eigenvalue weighted by Gasteiger charge is -2.05. The third kappa shape index (κ3) is 3.17. The van der Waals surface area contributed by atoms with Crippen LogP contribution in [0.4, 0.5) is 4.39 Å². The highest BCUT2D eigenvalue weighted by Crippen LogP contribution is 2.25. The fourth-order valence-electron chi connectivity index (χ4n) is 2.10. The zero-order chi connectivity index (χ0) is 16.2. The van der Waals surface area contributed by atoms with E-state index in [1.807, 2.05) is 18.2 Å². The monoisotopic (exact) mass is 325 g/mol. The number of hydrogen-bond donors (Lipinski definition) is 1. The summed E-state index contributed by atoms with van der Waals surface area (Å²) in [5.41, 5.74) is 2.08. The van der Waals surface area contributed by atoms with Crippen molar-refractivity contribution in [3.63, 3.8) is 0 Å². The lowest BCUT2D eigenvalue weighted by molar-refractivity contribution is 0.628. The van der Waals surface area contributed by atoms with Crippen molar-refractivity contribution < 1.29 is 4.39 Å². The first kappa shape index (κ1) is 15.1. The van der Waals surface area contributed by atoms with E-state index in [-0.39, 0.29) is 5.82 Å². The van der Waals surface area contributed by atoms with Crippen LogP contribution in [0.25, 0.3) is 11.4 Å². The molecule has 0 atom stereocenters. The van der Waals surface area contributed by atoms with Crippen molar-refractivity contribution in [2.24, 2.45) is 0 Å². The first-order valence-corrected chi connectivity index (χ1v) is 7.75. The van der Waals surface area contributed by atoms with Crippen molar-refractivity contribution >= 4 is 11.8 Å². The Morgan fingerprint density at radius 2 is 2.00 bits per heavy atom. The van der Waals surface area contributed by atoms with Crippen LogP contribution in [-0.2, 0) is 5.75 Å². The van der Waals surface area contributed by atoms with E-state index in [1.165, 1.54) is 28.6 Å². The van der Waals surface area contributed by atoms with E-state index in [2.05, 4.69) is 16.3 Å². The maximum absolute atomic E-state index is 13.3. The van der Waals surface area contributed by atoms with Crippen LogP contribution in [0.1, 0.15) is 11.1 Å². The smallest absolute Gasteiger partial charge is 0.210 e. The maximum atomic E-state index is 13.3. The van der Waals surface area contributed by atoms with Crippen LogP contribution in [0.5, 0.6) is 0 Å². The number of aromatic nitrogens is 3. The van der Waals surface area contributed by atoms with Gasteiger partial charge in [0.2, 0.25) is 5.16 Å². The molecule has 0 saturated carbocycles. The van der Waals surface area contributed by atoms with Gasteiger partial charge in [0.05, 0.1) is 11.6 Å². The quantitative estimate of drug-likeness (QED) is 0.589. The maximum Gasteiger partial charge on any atom is 0.210 e. The van der Waals surface area contributed by atoms with E-state index in [0.29, 0.717) is 27.9 Å². The summed E-state index contributed by atoms with van der Waals surface area (Å²) in [5, 5.41) is 17.6. The summed E-state index contributed by atoms with van der Waals surface area (Å²) in [6.07, 6.45) is 0. The summed E-state index contributed by atoms with van der Waals surface area (Å²) in [7, 11) is 0. The highest BCUT2D eigenvalue weighted by molar-refractivity contribution is 7.98. The molecule has 1 heterocycles. The van der Waals surface area contributed by atoms with Gasteiger partial charge < -0.3 is 5.84 Å². The highest BCUT2D eigenvalue weighted by Gasteiger charge is 2.13. The normalized spacial score (nSPS) is 10.4. The summed E-state index contributed by atoms with van der Waals surface area (Å²) in [6.45, 7) is 0. The van der Waals surface area contributed by atoms with Gasteiger partial charge in [-0.25, -0.2) is 9.07 Å². The Morgan fingerprint density at radius 3 is 2.78 bits per heavy atom. The first-order valence-electron chi connectivity index (χ1n) is 6.76. The molecule has 2 aromatic carbocycles. The predicted molar refractivity (Wildman–Crippen MR) is 86.3 cm³/mol. The average Bonchev–Trinajstić information content (AvgIpc) is 2.94. The SMILES string of the molecule is N#Cc1ccccc1CSc1nnc(-c2cccc(F)c2)n1N. The molecule has 0 aliphatic carbocycles. The molecule has 0 saturated heterocycles. The summed E-state index contributed by atoms with van der Waals surface area (Å²) in [5.74, 6) is 6.58. The topological polar surface area (TPSA) is 80.5 Å². The second kappa shape index (κ2) is 6.50. The Labute approximate surface area is 136 Å². The van der Waals surface area contributed by atoms with Crippen LogP contribution in [0.3, 0.4) is 0 Å². The van der Waals surface area contributed by atoms with Crippen LogP contribution in [0.2, 0.25) is 0 Å². The Morgan fingerprint density at radius 1 is 1.17 bits per heavy atom. The molecule has 23 heavy (non-hydrogen) atoms. The zero-order valence-corrected chi connectivity index (χ0v) is 12.8. The van der Waals surface area contributed by atoms with Crippen molar-refractivity contribution in [3.05, 3.63) is 65.5 Å². The number of halogens is 1. The number of nitriles is 1. The number of nitrogens with two attached hydrogens (primary N) is 1. The Balaban J connectivity index is 1.82. The Kier molecular flexibility index (Phi) is 4.26. The van der Waals surface area contributed by atoms with E-state index in [0.717, 1.165) is 5.56 Å². The van der Waals surface area contributed by atoms with E-state index < -0.39 is 0 Å². The molecule has 0 unspecified atom stereocenters. The largest absolute Gasteiger partial charge is 0.335 e. The van der Waals surface area contributed by atoms with Gasteiger partial charge in [0.15, 0.2) is 5.82 Å². The molecule has 0 aliphatic heterocycles. The fourth-order valence-corrected chi connectivity index (χ4v) is 2.96. The van der Waals surface area contributed by atoms with Crippen LogP contribution in [-0.4, -0.2) is 14.9 Å². The van der Waals surface area contributed by atoms with Crippen LogP contribution < -0.4 is 5.84 Å². The van der Waals surface area contributed by atoms with Crippen molar-refractivity contribution in [1.82, 2.24) is 14.9 Å². The average molecular weight is 325 g/mol. The van der Waals surface area contributed by atoms with Crippen molar-refractivity contribution in [1.29, 1.82) is 5.26 Å². The number of rotatable bonds is 4. The summed E-state index contributed by atoms with van der Waals surface area (Å²) in [6, 6.07) is 15.5. The van der Waals surface area contributed by atoms with Gasteiger partial charge >= 0.3 is 0 Å². The minimum Gasteiger partial charge on any atom is -0.335 e. The van der Waals surface area contributed by atoms with Gasteiger partial charge in [-0.1, -0.05) is 42.1 Å². The zero-order valence-electron chi connectivity index (χ0n) is 12.0. The van der Waals surface area contributed by atoms with Crippen LogP contribution in [0.15, 0.2) is 53.7 Å². The molecule has 0 amide bonds. The van der Waals surface area contributed by atoms with E-state index in [9.17, 15) is 4.39 Å². The lowest BCUT2D eigenvalue weighted by atomic mass is 10.1. The highest BCUT2D eigenvalue weighted by atomic mass is 32.2. The van der Waals surface area contributed by atoms with Gasteiger partial charge in [-0.2, -0.15) is 5.26 Å². The van der Waals surface area contributed by atoms with Crippen molar-refractivity contribution in [2.45, 2.75) is 10.9 Å². The van der Waals surface area contributed by atoms with Crippen LogP contribution in [0, 0.1) is 17.1 Å².